The first-order chi connectivity index (χ1) is 8.47. The normalized spacial score (nSPS) is 10.8. The summed E-state index contributed by atoms with van der Waals surface area (Å²) >= 11 is 5.66. The van der Waals surface area contributed by atoms with Crippen LogP contribution in [0.2, 0.25) is 5.28 Å². The van der Waals surface area contributed by atoms with Gasteiger partial charge in [-0.25, -0.2) is 9.78 Å². The first-order valence-corrected chi connectivity index (χ1v) is 5.43. The minimum absolute atomic E-state index is 0.0356. The smallest absolute Gasteiger partial charge is 0.343 e. The van der Waals surface area contributed by atoms with E-state index < -0.39 is 17.0 Å². The van der Waals surface area contributed by atoms with Crippen molar-refractivity contribution in [3.63, 3.8) is 0 Å². The van der Waals surface area contributed by atoms with Crippen LogP contribution in [-0.4, -0.2) is 25.6 Å². The fourth-order valence-electron chi connectivity index (χ4n) is 1.74. The third kappa shape index (κ3) is 1.68. The molecule has 0 aromatic carbocycles. The Hall–Kier alpha value is -2.15. The summed E-state index contributed by atoms with van der Waals surface area (Å²) in [6.45, 7) is 2.11. The molecule has 94 valence electrons. The van der Waals surface area contributed by atoms with Crippen molar-refractivity contribution < 1.29 is 9.90 Å². The van der Waals surface area contributed by atoms with Crippen molar-refractivity contribution in [2.45, 2.75) is 13.5 Å². The molecule has 0 aliphatic carbocycles. The molecule has 0 aliphatic heterocycles. The topological polar surface area (TPSA) is 111 Å². The highest BCUT2D eigenvalue weighted by molar-refractivity contribution is 6.28. The summed E-state index contributed by atoms with van der Waals surface area (Å²) in [5, 5.41) is 9.06. The summed E-state index contributed by atoms with van der Waals surface area (Å²) in [6.07, 6.45) is 1.20. The van der Waals surface area contributed by atoms with Crippen molar-refractivity contribution in [2.24, 2.45) is 0 Å². The van der Waals surface area contributed by atoms with Crippen LogP contribution in [-0.2, 0) is 6.54 Å². The summed E-state index contributed by atoms with van der Waals surface area (Å²) in [6, 6.07) is 0. The van der Waals surface area contributed by atoms with Crippen LogP contribution in [0.1, 0.15) is 17.3 Å². The van der Waals surface area contributed by atoms with Gasteiger partial charge < -0.3 is 15.4 Å². The predicted octanol–water partition coefficient (Wildman–Crippen LogP) is 0.745. The van der Waals surface area contributed by atoms with Crippen molar-refractivity contribution >= 4 is 34.4 Å². The molecule has 0 unspecified atom stereocenters. The number of aromatic nitrogens is 3. The number of rotatable bonds is 2. The maximum atomic E-state index is 12.0. The third-order valence-corrected chi connectivity index (χ3v) is 2.73. The number of fused-ring (bicyclic) bond motifs is 1. The average molecular weight is 269 g/mol. The largest absolute Gasteiger partial charge is 0.477 e. The van der Waals surface area contributed by atoms with Crippen molar-refractivity contribution in [1.82, 2.24) is 14.5 Å². The highest BCUT2D eigenvalue weighted by atomic mass is 35.5. The number of pyridine rings is 1. The van der Waals surface area contributed by atoms with Gasteiger partial charge in [0.2, 0.25) is 10.7 Å². The molecule has 0 saturated carbocycles. The number of carbonyl (C=O) groups is 1. The first kappa shape index (κ1) is 12.3. The molecular formula is C10H9ClN4O3. The van der Waals surface area contributed by atoms with Gasteiger partial charge >= 0.3 is 5.97 Å². The minimum Gasteiger partial charge on any atom is -0.477 e. The molecule has 8 heteroatoms. The maximum Gasteiger partial charge on any atom is 0.343 e. The van der Waals surface area contributed by atoms with E-state index >= 15 is 0 Å². The monoisotopic (exact) mass is 268 g/mol. The molecule has 2 aromatic heterocycles. The second-order valence-electron chi connectivity index (χ2n) is 3.52. The average Bonchev–Trinajstić information content (AvgIpc) is 2.28. The van der Waals surface area contributed by atoms with E-state index in [1.807, 2.05) is 0 Å². The highest BCUT2D eigenvalue weighted by Gasteiger charge is 2.20. The molecule has 0 spiro atoms. The van der Waals surface area contributed by atoms with Gasteiger partial charge in [-0.2, -0.15) is 4.98 Å². The Morgan fingerprint density at radius 3 is 2.83 bits per heavy atom. The number of nitrogens with two attached hydrogens (primary N) is 1. The van der Waals surface area contributed by atoms with E-state index in [4.69, 9.17) is 22.4 Å². The predicted molar refractivity (Wildman–Crippen MR) is 65.9 cm³/mol. The van der Waals surface area contributed by atoms with E-state index in [2.05, 4.69) is 9.97 Å². The molecule has 0 amide bonds. The second kappa shape index (κ2) is 4.26. The molecule has 0 radical (unpaired) electrons. The number of hydrogen-bond acceptors (Lipinski definition) is 5. The molecule has 0 saturated heterocycles. The number of aromatic carboxylic acids is 1. The molecule has 0 aliphatic rings. The van der Waals surface area contributed by atoms with Gasteiger partial charge in [-0.3, -0.25) is 4.79 Å². The first-order valence-electron chi connectivity index (χ1n) is 5.05. The van der Waals surface area contributed by atoms with E-state index in [-0.39, 0.29) is 22.1 Å². The Labute approximate surface area is 106 Å². The summed E-state index contributed by atoms with van der Waals surface area (Å²) in [7, 11) is 0. The lowest BCUT2D eigenvalue weighted by atomic mass is 10.2. The van der Waals surface area contributed by atoms with Crippen LogP contribution in [0.3, 0.4) is 0 Å². The minimum atomic E-state index is -1.38. The highest BCUT2D eigenvalue weighted by Crippen LogP contribution is 2.17. The number of halogens is 1. The molecule has 18 heavy (non-hydrogen) atoms. The van der Waals surface area contributed by atoms with Gasteiger partial charge in [-0.15, -0.1) is 0 Å². The fraction of sp³-hybridized carbons (Fsp3) is 0.200. The van der Waals surface area contributed by atoms with Gasteiger partial charge in [0.25, 0.3) is 0 Å². The Kier molecular flexibility index (Phi) is 2.92. The van der Waals surface area contributed by atoms with Crippen molar-refractivity contribution in [2.75, 3.05) is 5.73 Å². The van der Waals surface area contributed by atoms with Gasteiger partial charge in [-0.1, -0.05) is 0 Å². The maximum absolute atomic E-state index is 12.0. The number of aryl methyl sites for hydroxylation is 1. The lowest BCUT2D eigenvalue weighted by molar-refractivity contribution is 0.0696. The summed E-state index contributed by atoms with van der Waals surface area (Å²) in [4.78, 5) is 30.6. The van der Waals surface area contributed by atoms with Crippen LogP contribution in [0, 0.1) is 0 Å². The van der Waals surface area contributed by atoms with E-state index in [1.54, 1.807) is 6.92 Å². The van der Waals surface area contributed by atoms with Crippen molar-refractivity contribution in [3.05, 3.63) is 27.3 Å². The Morgan fingerprint density at radius 1 is 1.61 bits per heavy atom. The van der Waals surface area contributed by atoms with E-state index in [0.717, 1.165) is 0 Å². The lowest BCUT2D eigenvalue weighted by Gasteiger charge is -2.13. The summed E-state index contributed by atoms with van der Waals surface area (Å²) in [5.41, 5.74) is 4.73. The zero-order valence-electron chi connectivity index (χ0n) is 9.35. The van der Waals surface area contributed by atoms with Crippen LogP contribution in [0.5, 0.6) is 0 Å². The molecule has 2 rings (SSSR count). The van der Waals surface area contributed by atoms with Crippen LogP contribution in [0.25, 0.3) is 11.0 Å². The molecule has 0 atom stereocenters. The molecule has 7 nitrogen and oxygen atoms in total. The fourth-order valence-corrected chi connectivity index (χ4v) is 1.87. The lowest BCUT2D eigenvalue weighted by Crippen LogP contribution is -2.24. The Morgan fingerprint density at radius 2 is 2.28 bits per heavy atom. The number of hydrogen-bond donors (Lipinski definition) is 2. The van der Waals surface area contributed by atoms with Gasteiger partial charge in [0.1, 0.15) is 17.0 Å². The van der Waals surface area contributed by atoms with Gasteiger partial charge in [0, 0.05) is 12.7 Å². The van der Waals surface area contributed by atoms with Crippen molar-refractivity contribution in [1.29, 1.82) is 0 Å². The number of anilines is 1. The van der Waals surface area contributed by atoms with E-state index in [9.17, 15) is 9.59 Å². The molecule has 0 fully saturated rings. The zero-order valence-corrected chi connectivity index (χ0v) is 10.1. The Bertz CT molecular complexity index is 710. The molecule has 3 N–H and O–H groups in total. The van der Waals surface area contributed by atoms with Crippen molar-refractivity contribution in [3.8, 4) is 0 Å². The molecule has 2 aromatic rings. The number of carboxylic acid groups (broad SMARTS) is 1. The number of nitrogens with zero attached hydrogens (tertiary/aromatic N) is 3. The van der Waals surface area contributed by atoms with Crippen LogP contribution >= 0.6 is 11.6 Å². The third-order valence-electron chi connectivity index (χ3n) is 2.54. The Balaban J connectivity index is 3.05. The van der Waals surface area contributed by atoms with Gasteiger partial charge in [0.15, 0.2) is 0 Å². The van der Waals surface area contributed by atoms with Crippen LogP contribution in [0.15, 0.2) is 11.0 Å². The number of nitrogen functional groups attached to an aromatic ring is 1. The van der Waals surface area contributed by atoms with Gasteiger partial charge in [-0.05, 0) is 18.5 Å². The zero-order chi connectivity index (χ0) is 13.4. The molecule has 2 heterocycles. The van der Waals surface area contributed by atoms with Crippen LogP contribution < -0.4 is 11.2 Å². The SMILES string of the molecule is CCn1c(N)c(C(=O)O)c(=O)c2cnc(Cl)nc21. The molecular weight excluding hydrogens is 260 g/mol. The van der Waals surface area contributed by atoms with E-state index in [1.165, 1.54) is 10.8 Å². The molecule has 0 bridgehead atoms. The quantitative estimate of drug-likeness (QED) is 0.777. The van der Waals surface area contributed by atoms with E-state index in [0.29, 0.717) is 6.54 Å². The van der Waals surface area contributed by atoms with Crippen LogP contribution in [0.4, 0.5) is 5.82 Å². The summed E-state index contributed by atoms with van der Waals surface area (Å²) < 4.78 is 1.41. The number of carboxylic acids is 1. The second-order valence-corrected chi connectivity index (χ2v) is 3.85. The van der Waals surface area contributed by atoms with Gasteiger partial charge in [0.05, 0.1) is 5.39 Å². The summed E-state index contributed by atoms with van der Waals surface area (Å²) in [5.74, 6) is -1.52. The standard InChI is InChI=1S/C10H9ClN4O3/c1-2-15-7(12)5(9(17)18)6(16)4-3-13-10(11)14-8(4)15/h3H,2,12H2,1H3,(H,17,18).